The molecule has 1 aromatic carbocycles. The Balaban J connectivity index is 2.26. The van der Waals surface area contributed by atoms with E-state index in [2.05, 4.69) is 0 Å². The average Bonchev–Trinajstić information content (AvgIpc) is 2.96. The summed E-state index contributed by atoms with van der Waals surface area (Å²) in [6.45, 7) is 1.82. The maximum atomic E-state index is 13.9. The minimum absolute atomic E-state index is 0.0942. The molecule has 21 heavy (non-hydrogen) atoms. The standard InChI is InChI=1S/C16H21FN2OS/c1-11(12-7-3-4-8-13(12)17)19(2)15(20)16(14(18)21)9-5-6-10-16/h3-4,7-8,11H,5-6,9-10H2,1-2H3,(H2,18,21). The summed E-state index contributed by atoms with van der Waals surface area (Å²) in [6, 6.07) is 6.16. The van der Waals surface area contributed by atoms with Crippen molar-refractivity contribution >= 4 is 23.1 Å². The summed E-state index contributed by atoms with van der Waals surface area (Å²) in [7, 11) is 1.69. The van der Waals surface area contributed by atoms with Crippen LogP contribution in [0.4, 0.5) is 4.39 Å². The highest BCUT2D eigenvalue weighted by molar-refractivity contribution is 7.80. The molecular weight excluding hydrogens is 287 g/mol. The first-order valence-corrected chi connectivity index (χ1v) is 7.62. The molecule has 1 amide bonds. The summed E-state index contributed by atoms with van der Waals surface area (Å²) in [4.78, 5) is 14.7. The summed E-state index contributed by atoms with van der Waals surface area (Å²) < 4.78 is 13.9. The first-order valence-electron chi connectivity index (χ1n) is 7.22. The van der Waals surface area contributed by atoms with Gasteiger partial charge in [-0.2, -0.15) is 0 Å². The molecule has 0 bridgehead atoms. The summed E-state index contributed by atoms with van der Waals surface area (Å²) in [5, 5.41) is 0. The lowest BCUT2D eigenvalue weighted by molar-refractivity contribution is -0.138. The number of hydrogen-bond acceptors (Lipinski definition) is 2. The van der Waals surface area contributed by atoms with E-state index < -0.39 is 5.41 Å². The molecule has 1 unspecified atom stereocenters. The third-order valence-electron chi connectivity index (χ3n) is 4.59. The van der Waals surface area contributed by atoms with E-state index in [-0.39, 0.29) is 22.8 Å². The van der Waals surface area contributed by atoms with Crippen LogP contribution in [0.15, 0.2) is 24.3 Å². The highest BCUT2D eigenvalue weighted by atomic mass is 32.1. The molecule has 1 saturated carbocycles. The van der Waals surface area contributed by atoms with Gasteiger partial charge >= 0.3 is 0 Å². The van der Waals surface area contributed by atoms with Gasteiger partial charge in [0.1, 0.15) is 5.82 Å². The monoisotopic (exact) mass is 308 g/mol. The Kier molecular flexibility index (Phi) is 4.61. The van der Waals surface area contributed by atoms with E-state index in [0.717, 1.165) is 12.8 Å². The molecule has 1 atom stereocenters. The van der Waals surface area contributed by atoms with Crippen LogP contribution in [0.2, 0.25) is 0 Å². The van der Waals surface area contributed by atoms with Gasteiger partial charge in [0.2, 0.25) is 5.91 Å². The maximum Gasteiger partial charge on any atom is 0.235 e. The Hall–Kier alpha value is -1.49. The molecule has 1 aliphatic rings. The van der Waals surface area contributed by atoms with Crippen LogP contribution in [0.1, 0.15) is 44.2 Å². The molecule has 3 nitrogen and oxygen atoms in total. The van der Waals surface area contributed by atoms with Crippen molar-refractivity contribution in [2.24, 2.45) is 11.1 Å². The minimum atomic E-state index is -0.746. The fourth-order valence-electron chi connectivity index (χ4n) is 3.08. The van der Waals surface area contributed by atoms with Gasteiger partial charge in [-0.1, -0.05) is 43.3 Å². The number of benzene rings is 1. The zero-order valence-corrected chi connectivity index (χ0v) is 13.3. The molecule has 1 fully saturated rings. The molecule has 0 heterocycles. The minimum Gasteiger partial charge on any atom is -0.392 e. The zero-order valence-electron chi connectivity index (χ0n) is 12.4. The SMILES string of the molecule is CC(c1ccccc1F)N(C)C(=O)C1(C(N)=S)CCCC1. The topological polar surface area (TPSA) is 46.3 Å². The lowest BCUT2D eigenvalue weighted by atomic mass is 9.84. The molecule has 1 aliphatic carbocycles. The molecule has 0 aliphatic heterocycles. The van der Waals surface area contributed by atoms with Crippen LogP contribution >= 0.6 is 12.2 Å². The number of halogens is 1. The summed E-state index contributed by atoms with van der Waals surface area (Å²) >= 11 is 5.15. The van der Waals surface area contributed by atoms with Crippen LogP contribution < -0.4 is 5.73 Å². The number of nitrogens with two attached hydrogens (primary N) is 1. The van der Waals surface area contributed by atoms with Gasteiger partial charge in [0, 0.05) is 12.6 Å². The van der Waals surface area contributed by atoms with Gasteiger partial charge in [-0.05, 0) is 25.8 Å². The molecule has 0 radical (unpaired) electrons. The second-order valence-electron chi connectivity index (χ2n) is 5.77. The van der Waals surface area contributed by atoms with Crippen molar-refractivity contribution in [1.82, 2.24) is 4.90 Å². The molecule has 0 spiro atoms. The van der Waals surface area contributed by atoms with Crippen molar-refractivity contribution in [2.75, 3.05) is 7.05 Å². The van der Waals surface area contributed by atoms with E-state index in [1.54, 1.807) is 30.1 Å². The van der Waals surface area contributed by atoms with Gasteiger partial charge in [-0.15, -0.1) is 0 Å². The lowest BCUT2D eigenvalue weighted by Gasteiger charge is -2.35. The van der Waals surface area contributed by atoms with Crippen LogP contribution in [-0.2, 0) is 4.79 Å². The summed E-state index contributed by atoms with van der Waals surface area (Å²) in [5.41, 5.74) is 5.61. The van der Waals surface area contributed by atoms with E-state index in [1.165, 1.54) is 6.07 Å². The average molecular weight is 308 g/mol. The largest absolute Gasteiger partial charge is 0.392 e. The highest BCUT2D eigenvalue weighted by Crippen LogP contribution is 2.41. The molecule has 1 aromatic rings. The number of hydrogen-bond donors (Lipinski definition) is 1. The van der Waals surface area contributed by atoms with Crippen LogP contribution in [0.3, 0.4) is 0 Å². The van der Waals surface area contributed by atoms with Crippen LogP contribution in [-0.4, -0.2) is 22.8 Å². The molecule has 5 heteroatoms. The number of rotatable bonds is 4. The molecular formula is C16H21FN2OS. The Morgan fingerprint density at radius 1 is 1.38 bits per heavy atom. The lowest BCUT2D eigenvalue weighted by Crippen LogP contribution is -2.48. The van der Waals surface area contributed by atoms with Gasteiger partial charge < -0.3 is 10.6 Å². The summed E-state index contributed by atoms with van der Waals surface area (Å²) in [5.74, 6) is -0.399. The normalized spacial score (nSPS) is 18.2. The third-order valence-corrected chi connectivity index (χ3v) is 4.99. The third kappa shape index (κ3) is 2.79. The number of carbonyl (C=O) groups is 1. The number of thiocarbonyl (C=S) groups is 1. The fourth-order valence-corrected chi connectivity index (χ4v) is 3.37. The van der Waals surface area contributed by atoms with Crippen molar-refractivity contribution in [3.8, 4) is 0 Å². The molecule has 0 saturated heterocycles. The second-order valence-corrected chi connectivity index (χ2v) is 6.21. The molecule has 2 rings (SSSR count). The van der Waals surface area contributed by atoms with E-state index in [9.17, 15) is 9.18 Å². The Bertz CT molecular complexity index is 555. The molecule has 2 N–H and O–H groups in total. The van der Waals surface area contributed by atoms with Crippen LogP contribution in [0, 0.1) is 11.2 Å². The van der Waals surface area contributed by atoms with Gasteiger partial charge in [0.25, 0.3) is 0 Å². The summed E-state index contributed by atoms with van der Waals surface area (Å²) in [6.07, 6.45) is 3.28. The van der Waals surface area contributed by atoms with Crippen molar-refractivity contribution in [3.05, 3.63) is 35.6 Å². The number of carbonyl (C=O) groups excluding carboxylic acids is 1. The van der Waals surface area contributed by atoms with E-state index in [4.69, 9.17) is 18.0 Å². The molecule has 114 valence electrons. The first kappa shape index (κ1) is 15.9. The maximum absolute atomic E-state index is 13.9. The first-order chi connectivity index (χ1) is 9.90. The van der Waals surface area contributed by atoms with E-state index in [0.29, 0.717) is 18.4 Å². The number of amides is 1. The Morgan fingerprint density at radius 2 is 1.95 bits per heavy atom. The Labute approximate surface area is 130 Å². The Morgan fingerprint density at radius 3 is 2.48 bits per heavy atom. The predicted octanol–water partition coefficient (Wildman–Crippen LogP) is 3.19. The van der Waals surface area contributed by atoms with Gasteiger partial charge in [0.15, 0.2) is 0 Å². The predicted molar refractivity (Wildman–Crippen MR) is 85.3 cm³/mol. The van der Waals surface area contributed by atoms with Crippen molar-refractivity contribution in [2.45, 2.75) is 38.6 Å². The molecule has 0 aromatic heterocycles. The smallest absolute Gasteiger partial charge is 0.235 e. The van der Waals surface area contributed by atoms with Crippen molar-refractivity contribution in [1.29, 1.82) is 0 Å². The quantitative estimate of drug-likeness (QED) is 0.869. The van der Waals surface area contributed by atoms with Gasteiger partial charge in [-0.3, -0.25) is 4.79 Å². The van der Waals surface area contributed by atoms with Crippen LogP contribution in [0.25, 0.3) is 0 Å². The number of nitrogens with zero attached hydrogens (tertiary/aromatic N) is 1. The van der Waals surface area contributed by atoms with E-state index >= 15 is 0 Å². The fraction of sp³-hybridized carbons (Fsp3) is 0.500. The van der Waals surface area contributed by atoms with Crippen LogP contribution in [0.5, 0.6) is 0 Å². The highest BCUT2D eigenvalue weighted by Gasteiger charge is 2.46. The van der Waals surface area contributed by atoms with Crippen molar-refractivity contribution < 1.29 is 9.18 Å². The zero-order chi connectivity index (χ0) is 15.6. The van der Waals surface area contributed by atoms with Gasteiger partial charge in [-0.25, -0.2) is 4.39 Å². The van der Waals surface area contributed by atoms with E-state index in [1.807, 2.05) is 6.92 Å². The second kappa shape index (κ2) is 6.10. The van der Waals surface area contributed by atoms with Gasteiger partial charge in [0.05, 0.1) is 16.4 Å². The van der Waals surface area contributed by atoms with Crippen molar-refractivity contribution in [3.63, 3.8) is 0 Å².